The van der Waals surface area contributed by atoms with Crippen molar-refractivity contribution in [2.45, 2.75) is 45.7 Å². The number of alkyl halides is 3. The van der Waals surface area contributed by atoms with Gasteiger partial charge in [0, 0.05) is 23.3 Å². The molecule has 0 saturated heterocycles. The molecule has 0 radical (unpaired) electrons. The number of hydrogen-bond donors (Lipinski definition) is 0. The number of fused-ring (bicyclic) bond motifs is 3. The molecule has 4 rings (SSSR count). The number of aromatic nitrogens is 2. The Bertz CT molecular complexity index is 1090. The predicted molar refractivity (Wildman–Crippen MR) is 109 cm³/mol. The summed E-state index contributed by atoms with van der Waals surface area (Å²) in [7, 11) is 0. The van der Waals surface area contributed by atoms with E-state index >= 15 is 0 Å². The van der Waals surface area contributed by atoms with Gasteiger partial charge in [0.15, 0.2) is 0 Å². The third-order valence-corrected chi connectivity index (χ3v) is 5.16. The quantitative estimate of drug-likeness (QED) is 0.491. The predicted octanol–water partition coefficient (Wildman–Crippen LogP) is 6.73. The molecule has 3 heterocycles. The Balaban J connectivity index is 1.98. The zero-order valence-electron chi connectivity index (χ0n) is 16.4. The van der Waals surface area contributed by atoms with Crippen molar-refractivity contribution in [1.82, 2.24) is 9.97 Å². The highest BCUT2D eigenvalue weighted by molar-refractivity contribution is 5.94. The molecule has 2 aromatic heterocycles. The average Bonchev–Trinajstić information content (AvgIpc) is 2.71. The van der Waals surface area contributed by atoms with E-state index in [-0.39, 0.29) is 0 Å². The highest BCUT2D eigenvalue weighted by Gasteiger charge is 2.32. The van der Waals surface area contributed by atoms with Crippen LogP contribution in [0.2, 0.25) is 0 Å². The molecule has 0 atom stereocenters. The lowest BCUT2D eigenvalue weighted by Crippen LogP contribution is -2.24. The fourth-order valence-electron chi connectivity index (χ4n) is 3.76. The molecule has 29 heavy (non-hydrogen) atoms. The number of rotatable bonds is 3. The first-order valence-electron chi connectivity index (χ1n) is 9.80. The zero-order valence-corrected chi connectivity index (χ0v) is 16.4. The van der Waals surface area contributed by atoms with Gasteiger partial charge in [0.05, 0.1) is 16.8 Å². The maximum atomic E-state index is 13.4. The highest BCUT2D eigenvalue weighted by atomic mass is 19.4. The summed E-state index contributed by atoms with van der Waals surface area (Å²) in [5.74, 6) is 0. The fourth-order valence-corrected chi connectivity index (χ4v) is 3.76. The van der Waals surface area contributed by atoms with Crippen LogP contribution in [0.3, 0.4) is 0 Å². The molecule has 3 aromatic rings. The van der Waals surface area contributed by atoms with E-state index in [1.165, 1.54) is 12.1 Å². The van der Waals surface area contributed by atoms with Gasteiger partial charge in [-0.25, -0.2) is 4.98 Å². The molecular weight excluding hydrogens is 375 g/mol. The molecular formula is C23H22F3N3. The van der Waals surface area contributed by atoms with E-state index < -0.39 is 11.7 Å². The summed E-state index contributed by atoms with van der Waals surface area (Å²) in [6, 6.07) is 9.32. The number of hydrogen-bond acceptors (Lipinski definition) is 3. The molecule has 0 amide bonds. The van der Waals surface area contributed by atoms with E-state index in [2.05, 4.69) is 18.0 Å². The minimum Gasteiger partial charge on any atom is -0.312 e. The largest absolute Gasteiger partial charge is 0.416 e. The number of halogens is 3. The van der Waals surface area contributed by atoms with Gasteiger partial charge in [-0.1, -0.05) is 25.5 Å². The van der Waals surface area contributed by atoms with Crippen LogP contribution in [0.1, 0.15) is 43.0 Å². The molecule has 0 N–H and O–H groups in total. The number of benzene rings is 1. The highest BCUT2D eigenvalue weighted by Crippen LogP contribution is 2.43. The number of pyridine rings is 2. The SMILES string of the molecule is CCCC=C1CCc2cnc3ccc(C)nc3c2N1c1cccc(C(F)(F)F)c1. The number of nitrogens with zero attached hydrogens (tertiary/aromatic N) is 3. The molecule has 150 valence electrons. The van der Waals surface area contributed by atoms with Gasteiger partial charge in [0.1, 0.15) is 5.52 Å². The Morgan fingerprint density at radius 2 is 1.97 bits per heavy atom. The summed E-state index contributed by atoms with van der Waals surface area (Å²) in [5.41, 5.74) is 5.01. The fraction of sp³-hybridized carbons (Fsp3) is 0.304. The van der Waals surface area contributed by atoms with Gasteiger partial charge in [-0.2, -0.15) is 13.2 Å². The van der Waals surface area contributed by atoms with Gasteiger partial charge in [0.25, 0.3) is 0 Å². The zero-order chi connectivity index (χ0) is 20.6. The first kappa shape index (κ1) is 19.4. The van der Waals surface area contributed by atoms with Crippen LogP contribution in [0.15, 0.2) is 54.4 Å². The second kappa shape index (κ2) is 7.50. The normalized spacial score (nSPS) is 15.8. The van der Waals surface area contributed by atoms with E-state index in [9.17, 15) is 13.2 Å². The van der Waals surface area contributed by atoms with Gasteiger partial charge >= 0.3 is 6.18 Å². The van der Waals surface area contributed by atoms with Gasteiger partial charge in [-0.3, -0.25) is 4.98 Å². The van der Waals surface area contributed by atoms with Gasteiger partial charge in [-0.15, -0.1) is 0 Å². The van der Waals surface area contributed by atoms with Crippen LogP contribution in [0.5, 0.6) is 0 Å². The van der Waals surface area contributed by atoms with Crippen molar-refractivity contribution < 1.29 is 13.2 Å². The van der Waals surface area contributed by atoms with Crippen molar-refractivity contribution in [3.63, 3.8) is 0 Å². The smallest absolute Gasteiger partial charge is 0.312 e. The lowest BCUT2D eigenvalue weighted by atomic mass is 9.97. The maximum absolute atomic E-state index is 13.4. The van der Waals surface area contributed by atoms with Gasteiger partial charge in [0.2, 0.25) is 0 Å². The van der Waals surface area contributed by atoms with Crippen molar-refractivity contribution in [3.8, 4) is 0 Å². The molecule has 6 heteroatoms. The summed E-state index contributed by atoms with van der Waals surface area (Å²) >= 11 is 0. The first-order valence-corrected chi connectivity index (χ1v) is 9.80. The summed E-state index contributed by atoms with van der Waals surface area (Å²) in [6.45, 7) is 4.00. The number of unbranched alkanes of at least 4 members (excludes halogenated alkanes) is 1. The molecule has 3 nitrogen and oxygen atoms in total. The second-order valence-corrected chi connectivity index (χ2v) is 7.32. The lowest BCUT2D eigenvalue weighted by Gasteiger charge is -2.34. The third-order valence-electron chi connectivity index (χ3n) is 5.16. The Morgan fingerprint density at radius 3 is 2.72 bits per heavy atom. The molecule has 0 aliphatic carbocycles. The van der Waals surface area contributed by atoms with E-state index in [1.54, 1.807) is 6.07 Å². The van der Waals surface area contributed by atoms with Crippen molar-refractivity contribution in [2.75, 3.05) is 4.90 Å². The van der Waals surface area contributed by atoms with Crippen LogP contribution < -0.4 is 4.90 Å². The minimum atomic E-state index is -4.39. The maximum Gasteiger partial charge on any atom is 0.416 e. The van der Waals surface area contributed by atoms with E-state index in [4.69, 9.17) is 4.98 Å². The van der Waals surface area contributed by atoms with Crippen molar-refractivity contribution in [1.29, 1.82) is 0 Å². The second-order valence-electron chi connectivity index (χ2n) is 7.32. The minimum absolute atomic E-state index is 0.499. The summed E-state index contributed by atoms with van der Waals surface area (Å²) in [6.07, 6.45) is 2.95. The molecule has 0 spiro atoms. The van der Waals surface area contributed by atoms with Crippen LogP contribution in [-0.2, 0) is 12.6 Å². The molecule has 0 bridgehead atoms. The number of allylic oxidation sites excluding steroid dienone is 2. The summed E-state index contributed by atoms with van der Waals surface area (Å²) < 4.78 is 40.1. The van der Waals surface area contributed by atoms with Crippen molar-refractivity contribution in [3.05, 3.63) is 71.2 Å². The third kappa shape index (κ3) is 3.71. The summed E-state index contributed by atoms with van der Waals surface area (Å²) in [4.78, 5) is 11.2. The Hall–Kier alpha value is -2.89. The van der Waals surface area contributed by atoms with Crippen LogP contribution >= 0.6 is 0 Å². The monoisotopic (exact) mass is 397 g/mol. The van der Waals surface area contributed by atoms with Crippen molar-refractivity contribution in [2.24, 2.45) is 0 Å². The van der Waals surface area contributed by atoms with Gasteiger partial charge < -0.3 is 4.90 Å². The van der Waals surface area contributed by atoms with Crippen molar-refractivity contribution >= 4 is 22.4 Å². The van der Waals surface area contributed by atoms with E-state index in [0.717, 1.165) is 65.4 Å². The summed E-state index contributed by atoms with van der Waals surface area (Å²) in [5, 5.41) is 0. The molecule has 1 aliphatic heterocycles. The Kier molecular flexibility index (Phi) is 5.03. The topological polar surface area (TPSA) is 29.0 Å². The average molecular weight is 397 g/mol. The molecule has 0 saturated carbocycles. The Morgan fingerprint density at radius 1 is 1.14 bits per heavy atom. The number of anilines is 2. The van der Waals surface area contributed by atoms with E-state index in [1.807, 2.05) is 30.2 Å². The van der Waals surface area contributed by atoms with Crippen LogP contribution in [0, 0.1) is 6.92 Å². The standard InChI is InChI=1S/C23H22F3N3/c1-3-4-7-18-11-10-16-14-27-20-12-9-15(2)28-21(20)22(16)29(18)19-8-5-6-17(13-19)23(24,25)26/h5-9,12-14H,3-4,10-11H2,1-2H3. The number of aryl methyl sites for hydroxylation is 2. The molecule has 0 unspecified atom stereocenters. The van der Waals surface area contributed by atoms with Crippen LogP contribution in [-0.4, -0.2) is 9.97 Å². The first-order chi connectivity index (χ1) is 13.9. The molecule has 1 aliphatic rings. The van der Waals surface area contributed by atoms with Crippen LogP contribution in [0.25, 0.3) is 11.0 Å². The lowest BCUT2D eigenvalue weighted by molar-refractivity contribution is -0.137. The van der Waals surface area contributed by atoms with Gasteiger partial charge in [-0.05, 0) is 62.1 Å². The van der Waals surface area contributed by atoms with E-state index in [0.29, 0.717) is 5.69 Å². The Labute approximate surface area is 167 Å². The van der Waals surface area contributed by atoms with Crippen LogP contribution in [0.4, 0.5) is 24.5 Å². The molecule has 0 fully saturated rings. The molecule has 1 aromatic carbocycles.